The fourth-order valence-corrected chi connectivity index (χ4v) is 4.32. The third kappa shape index (κ3) is 3.15. The lowest BCUT2D eigenvalue weighted by Gasteiger charge is -2.07. The summed E-state index contributed by atoms with van der Waals surface area (Å²) in [5.74, 6) is -0.205. The second kappa shape index (κ2) is 6.79. The summed E-state index contributed by atoms with van der Waals surface area (Å²) in [7, 11) is 1.84. The van der Waals surface area contributed by atoms with Crippen molar-refractivity contribution in [2.45, 2.75) is 6.92 Å². The van der Waals surface area contributed by atoms with Crippen molar-refractivity contribution in [1.82, 2.24) is 19.7 Å². The van der Waals surface area contributed by atoms with Gasteiger partial charge in [0, 0.05) is 29.9 Å². The normalized spacial score (nSPS) is 11.2. The van der Waals surface area contributed by atoms with Crippen LogP contribution in [0.3, 0.4) is 0 Å². The van der Waals surface area contributed by atoms with Gasteiger partial charge in [-0.25, -0.2) is 9.97 Å². The van der Waals surface area contributed by atoms with Crippen LogP contribution in [-0.2, 0) is 7.05 Å². The number of hydrogen-bond donors (Lipinski definition) is 1. The molecule has 0 saturated heterocycles. The number of fused-ring (bicyclic) bond motifs is 2. The number of anilines is 1. The molecule has 0 spiro atoms. The van der Waals surface area contributed by atoms with Gasteiger partial charge in [0.25, 0.3) is 5.91 Å². The Morgan fingerprint density at radius 3 is 2.83 bits per heavy atom. The van der Waals surface area contributed by atoms with E-state index in [4.69, 9.17) is 4.98 Å². The van der Waals surface area contributed by atoms with Gasteiger partial charge in [-0.1, -0.05) is 24.3 Å². The van der Waals surface area contributed by atoms with E-state index < -0.39 is 0 Å². The number of pyridine rings is 1. The number of carbonyl (C=O) groups is 1. The molecule has 6 nitrogen and oxygen atoms in total. The molecule has 142 valence electrons. The van der Waals surface area contributed by atoms with Gasteiger partial charge in [-0.2, -0.15) is 5.10 Å². The summed E-state index contributed by atoms with van der Waals surface area (Å²) in [6.07, 6.45) is 1.58. The van der Waals surface area contributed by atoms with Crippen molar-refractivity contribution in [3.8, 4) is 10.6 Å². The second-order valence-electron chi connectivity index (χ2n) is 6.83. The average Bonchev–Trinajstić information content (AvgIpc) is 3.29. The molecule has 0 aliphatic carbocycles. The van der Waals surface area contributed by atoms with Gasteiger partial charge in [0.1, 0.15) is 5.01 Å². The Balaban J connectivity index is 1.44. The van der Waals surface area contributed by atoms with Crippen LogP contribution in [0, 0.1) is 6.92 Å². The minimum atomic E-state index is -0.205. The van der Waals surface area contributed by atoms with Crippen LogP contribution >= 0.6 is 11.3 Å². The number of thiazole rings is 1. The largest absolute Gasteiger partial charge is 0.322 e. The zero-order valence-electron chi connectivity index (χ0n) is 15.9. The number of benzene rings is 2. The molecule has 3 heterocycles. The molecule has 0 aliphatic rings. The van der Waals surface area contributed by atoms with Crippen molar-refractivity contribution < 1.29 is 4.79 Å². The van der Waals surface area contributed by atoms with Gasteiger partial charge in [-0.15, -0.1) is 11.3 Å². The summed E-state index contributed by atoms with van der Waals surface area (Å²) >= 11 is 1.64. The van der Waals surface area contributed by atoms with Crippen LogP contribution < -0.4 is 5.32 Å². The zero-order chi connectivity index (χ0) is 20.0. The number of carbonyl (C=O) groups excluding carboxylic acids is 1. The Kier molecular flexibility index (Phi) is 4.10. The van der Waals surface area contributed by atoms with Crippen molar-refractivity contribution in [2.75, 3.05) is 5.32 Å². The quantitative estimate of drug-likeness (QED) is 0.473. The Morgan fingerprint density at radius 1 is 1.10 bits per heavy atom. The fraction of sp³-hybridized carbons (Fsp3) is 0.0909. The summed E-state index contributed by atoms with van der Waals surface area (Å²) in [5, 5.41) is 9.12. The van der Waals surface area contributed by atoms with Gasteiger partial charge in [-0.05, 0) is 37.3 Å². The van der Waals surface area contributed by atoms with E-state index in [1.807, 2.05) is 62.5 Å². The fourth-order valence-electron chi connectivity index (χ4n) is 3.36. The number of nitrogens with zero attached hydrogens (tertiary/aromatic N) is 4. The van der Waals surface area contributed by atoms with Gasteiger partial charge >= 0.3 is 0 Å². The number of hydrogen-bond acceptors (Lipinski definition) is 5. The maximum atomic E-state index is 12.8. The monoisotopic (exact) mass is 399 g/mol. The van der Waals surface area contributed by atoms with E-state index in [2.05, 4.69) is 21.5 Å². The predicted octanol–water partition coefficient (Wildman–Crippen LogP) is 4.81. The molecule has 0 radical (unpaired) electrons. The topological polar surface area (TPSA) is 72.7 Å². The third-order valence-corrected chi connectivity index (χ3v) is 5.87. The van der Waals surface area contributed by atoms with E-state index in [0.717, 1.165) is 43.2 Å². The second-order valence-corrected chi connectivity index (χ2v) is 7.86. The Hall–Kier alpha value is -3.58. The van der Waals surface area contributed by atoms with Gasteiger partial charge in [-0.3, -0.25) is 9.48 Å². The van der Waals surface area contributed by atoms with Crippen LogP contribution in [0.15, 0.2) is 60.8 Å². The zero-order valence-corrected chi connectivity index (χ0v) is 16.7. The van der Waals surface area contributed by atoms with Crippen molar-refractivity contribution in [1.29, 1.82) is 0 Å². The first-order valence-corrected chi connectivity index (χ1v) is 9.97. The maximum absolute atomic E-state index is 12.8. The molecule has 1 amide bonds. The van der Waals surface area contributed by atoms with E-state index in [9.17, 15) is 4.79 Å². The molecule has 3 aromatic heterocycles. The molecule has 0 bridgehead atoms. The van der Waals surface area contributed by atoms with Crippen LogP contribution in [0.5, 0.6) is 0 Å². The Bertz CT molecular complexity index is 1350. The SMILES string of the molecule is Cc1nn(C)c2ncc(C(=O)Nc3cccc(-c4nc5ccccc5s4)c3)cc12. The number of aromatic nitrogens is 4. The first kappa shape index (κ1) is 17.5. The van der Waals surface area contributed by atoms with Crippen LogP contribution in [-0.4, -0.2) is 25.7 Å². The van der Waals surface area contributed by atoms with Crippen LogP contribution in [0.4, 0.5) is 5.69 Å². The molecule has 29 heavy (non-hydrogen) atoms. The van der Waals surface area contributed by atoms with Crippen molar-refractivity contribution >= 4 is 44.2 Å². The number of nitrogens with one attached hydrogen (secondary N) is 1. The van der Waals surface area contributed by atoms with Gasteiger partial charge < -0.3 is 5.32 Å². The Morgan fingerprint density at radius 2 is 1.97 bits per heavy atom. The number of aryl methyl sites for hydroxylation is 2. The molecular weight excluding hydrogens is 382 g/mol. The van der Waals surface area contributed by atoms with Crippen molar-refractivity contribution in [3.05, 3.63) is 72.1 Å². The van der Waals surface area contributed by atoms with Gasteiger partial charge in [0.15, 0.2) is 5.65 Å². The van der Waals surface area contributed by atoms with Crippen molar-refractivity contribution in [2.24, 2.45) is 7.05 Å². The van der Waals surface area contributed by atoms with E-state index in [1.54, 1.807) is 22.2 Å². The lowest BCUT2D eigenvalue weighted by molar-refractivity contribution is 0.102. The molecule has 1 N–H and O–H groups in total. The molecule has 0 atom stereocenters. The van der Waals surface area contributed by atoms with E-state index in [-0.39, 0.29) is 5.91 Å². The molecule has 2 aromatic carbocycles. The standard InChI is InChI=1S/C22H17N5OS/c1-13-17-11-15(12-23-20(17)27(2)26-13)21(28)24-16-7-5-6-14(10-16)22-25-18-8-3-4-9-19(18)29-22/h3-12H,1-2H3,(H,24,28). The van der Waals surface area contributed by atoms with E-state index in [1.165, 1.54) is 0 Å². The summed E-state index contributed by atoms with van der Waals surface area (Å²) in [6, 6.07) is 17.6. The summed E-state index contributed by atoms with van der Waals surface area (Å²) in [6.45, 7) is 1.91. The lowest BCUT2D eigenvalue weighted by Crippen LogP contribution is -2.12. The van der Waals surface area contributed by atoms with E-state index in [0.29, 0.717) is 5.56 Å². The first-order chi connectivity index (χ1) is 14.1. The van der Waals surface area contributed by atoms with Gasteiger partial charge in [0.05, 0.1) is 21.5 Å². The molecule has 5 aromatic rings. The highest BCUT2D eigenvalue weighted by molar-refractivity contribution is 7.21. The highest BCUT2D eigenvalue weighted by Gasteiger charge is 2.13. The van der Waals surface area contributed by atoms with Crippen LogP contribution in [0.1, 0.15) is 16.1 Å². The van der Waals surface area contributed by atoms with Gasteiger partial charge in [0.2, 0.25) is 0 Å². The molecule has 7 heteroatoms. The minimum Gasteiger partial charge on any atom is -0.322 e. The van der Waals surface area contributed by atoms with Crippen LogP contribution in [0.2, 0.25) is 0 Å². The lowest BCUT2D eigenvalue weighted by atomic mass is 10.1. The Labute approximate surface area is 170 Å². The minimum absolute atomic E-state index is 0.205. The summed E-state index contributed by atoms with van der Waals surface area (Å²) in [5.41, 5.74) is 4.78. The molecule has 0 aliphatic heterocycles. The molecule has 0 fully saturated rings. The highest BCUT2D eigenvalue weighted by atomic mass is 32.1. The first-order valence-electron chi connectivity index (χ1n) is 9.15. The average molecular weight is 399 g/mol. The number of para-hydroxylation sites is 1. The highest BCUT2D eigenvalue weighted by Crippen LogP contribution is 2.31. The number of amides is 1. The maximum Gasteiger partial charge on any atom is 0.257 e. The predicted molar refractivity (Wildman–Crippen MR) is 116 cm³/mol. The molecular formula is C22H17N5OS. The van der Waals surface area contributed by atoms with Crippen molar-refractivity contribution in [3.63, 3.8) is 0 Å². The molecule has 5 rings (SSSR count). The summed E-state index contributed by atoms with van der Waals surface area (Å²) < 4.78 is 2.86. The van der Waals surface area contributed by atoms with E-state index >= 15 is 0 Å². The smallest absolute Gasteiger partial charge is 0.257 e. The molecule has 0 unspecified atom stereocenters. The third-order valence-electron chi connectivity index (χ3n) is 4.79. The number of rotatable bonds is 3. The van der Waals surface area contributed by atoms with Crippen LogP contribution in [0.25, 0.3) is 31.8 Å². The molecule has 0 saturated carbocycles. The summed E-state index contributed by atoms with van der Waals surface area (Å²) in [4.78, 5) is 21.9.